The molecule has 0 saturated carbocycles. The van der Waals surface area contributed by atoms with Crippen molar-refractivity contribution in [2.75, 3.05) is 31.1 Å². The first-order chi connectivity index (χ1) is 8.74. The number of halogens is 1. The Balaban J connectivity index is 2.30. The van der Waals surface area contributed by atoms with Crippen molar-refractivity contribution in [2.24, 2.45) is 0 Å². The summed E-state index contributed by atoms with van der Waals surface area (Å²) < 4.78 is 1.31. The molecule has 0 aromatic carbocycles. The summed E-state index contributed by atoms with van der Waals surface area (Å²) in [6, 6.07) is 0. The Bertz CT molecular complexity index is 477. The van der Waals surface area contributed by atoms with E-state index in [4.69, 9.17) is 11.6 Å². The van der Waals surface area contributed by atoms with Gasteiger partial charge < -0.3 is 10.2 Å². The van der Waals surface area contributed by atoms with Gasteiger partial charge in [0, 0.05) is 19.6 Å². The Labute approximate surface area is 111 Å². The van der Waals surface area contributed by atoms with Crippen LogP contribution in [0.15, 0.2) is 23.6 Å². The van der Waals surface area contributed by atoms with E-state index >= 15 is 0 Å². The summed E-state index contributed by atoms with van der Waals surface area (Å²) in [6.45, 7) is 7.58. The van der Waals surface area contributed by atoms with Crippen molar-refractivity contribution in [1.29, 1.82) is 0 Å². The third-order valence-electron chi connectivity index (χ3n) is 2.95. The molecule has 1 N–H and O–H groups in total. The SMILES string of the molecule is C=CCn1ncc(N2CCCNCC2)c(Cl)c1=O. The molecule has 1 aliphatic rings. The Morgan fingerprint density at radius 2 is 2.33 bits per heavy atom. The first kappa shape index (κ1) is 13.1. The number of nitrogens with one attached hydrogen (secondary N) is 1. The van der Waals surface area contributed by atoms with E-state index in [0.29, 0.717) is 6.54 Å². The number of hydrogen-bond donors (Lipinski definition) is 1. The van der Waals surface area contributed by atoms with E-state index in [1.807, 2.05) is 0 Å². The fourth-order valence-electron chi connectivity index (χ4n) is 2.02. The van der Waals surface area contributed by atoms with Crippen LogP contribution in [0.4, 0.5) is 5.69 Å². The van der Waals surface area contributed by atoms with Crippen LogP contribution in [-0.4, -0.2) is 36.0 Å². The van der Waals surface area contributed by atoms with Crippen LogP contribution < -0.4 is 15.8 Å². The molecule has 18 heavy (non-hydrogen) atoms. The van der Waals surface area contributed by atoms with Crippen molar-refractivity contribution < 1.29 is 0 Å². The fourth-order valence-corrected chi connectivity index (χ4v) is 2.28. The molecule has 0 bridgehead atoms. The predicted molar refractivity (Wildman–Crippen MR) is 73.4 cm³/mol. The zero-order chi connectivity index (χ0) is 13.0. The maximum atomic E-state index is 12.0. The molecule has 1 aliphatic heterocycles. The van der Waals surface area contributed by atoms with Crippen molar-refractivity contribution in [2.45, 2.75) is 13.0 Å². The topological polar surface area (TPSA) is 50.2 Å². The molecule has 2 rings (SSSR count). The molecule has 0 amide bonds. The van der Waals surface area contributed by atoms with Crippen molar-refractivity contribution in [1.82, 2.24) is 15.1 Å². The second kappa shape index (κ2) is 6.02. The Kier molecular flexibility index (Phi) is 4.38. The van der Waals surface area contributed by atoms with Gasteiger partial charge in [0.1, 0.15) is 5.02 Å². The van der Waals surface area contributed by atoms with Gasteiger partial charge in [-0.25, -0.2) is 4.68 Å². The normalized spacial score (nSPS) is 16.4. The molecule has 1 saturated heterocycles. The minimum Gasteiger partial charge on any atom is -0.368 e. The highest BCUT2D eigenvalue weighted by molar-refractivity contribution is 6.33. The van der Waals surface area contributed by atoms with E-state index in [2.05, 4.69) is 21.9 Å². The second-order valence-electron chi connectivity index (χ2n) is 4.21. The molecule has 0 radical (unpaired) electrons. The van der Waals surface area contributed by atoms with E-state index in [1.54, 1.807) is 12.3 Å². The van der Waals surface area contributed by atoms with E-state index in [-0.39, 0.29) is 10.6 Å². The van der Waals surface area contributed by atoms with Crippen LogP contribution in [0.1, 0.15) is 6.42 Å². The molecule has 1 aromatic heterocycles. The van der Waals surface area contributed by atoms with Gasteiger partial charge in [0.05, 0.1) is 18.4 Å². The molecule has 1 fully saturated rings. The zero-order valence-corrected chi connectivity index (χ0v) is 11.0. The number of hydrogen-bond acceptors (Lipinski definition) is 4. The zero-order valence-electron chi connectivity index (χ0n) is 10.2. The van der Waals surface area contributed by atoms with Crippen molar-refractivity contribution in [3.8, 4) is 0 Å². The number of allylic oxidation sites excluding steroid dienone is 1. The van der Waals surface area contributed by atoms with Crippen LogP contribution in [0, 0.1) is 0 Å². The Morgan fingerprint density at radius 3 is 3.11 bits per heavy atom. The summed E-state index contributed by atoms with van der Waals surface area (Å²) in [4.78, 5) is 14.1. The van der Waals surface area contributed by atoms with Gasteiger partial charge in [0.25, 0.3) is 5.56 Å². The Morgan fingerprint density at radius 1 is 1.50 bits per heavy atom. The van der Waals surface area contributed by atoms with Crippen molar-refractivity contribution >= 4 is 17.3 Å². The summed E-state index contributed by atoms with van der Waals surface area (Å²) in [5, 5.41) is 7.68. The van der Waals surface area contributed by atoms with Gasteiger partial charge in [-0.1, -0.05) is 17.7 Å². The van der Waals surface area contributed by atoms with Crippen molar-refractivity contribution in [3.05, 3.63) is 34.2 Å². The average molecular weight is 269 g/mol. The lowest BCUT2D eigenvalue weighted by Crippen LogP contribution is -2.31. The minimum absolute atomic E-state index is 0.244. The maximum Gasteiger partial charge on any atom is 0.287 e. The predicted octanol–water partition coefficient (Wildman–Crippen LogP) is 0.882. The molecule has 0 atom stereocenters. The summed E-state index contributed by atoms with van der Waals surface area (Å²) in [7, 11) is 0. The summed E-state index contributed by atoms with van der Waals surface area (Å²) in [5.41, 5.74) is 0.469. The second-order valence-corrected chi connectivity index (χ2v) is 4.59. The van der Waals surface area contributed by atoms with Gasteiger partial charge in [0.15, 0.2) is 0 Å². The lowest BCUT2D eigenvalue weighted by Gasteiger charge is -2.22. The molecule has 1 aromatic rings. The maximum absolute atomic E-state index is 12.0. The van der Waals surface area contributed by atoms with E-state index in [1.165, 1.54) is 4.68 Å². The summed E-state index contributed by atoms with van der Waals surface area (Å²) >= 11 is 6.15. The molecule has 98 valence electrons. The van der Waals surface area contributed by atoms with Gasteiger partial charge in [-0.15, -0.1) is 6.58 Å². The average Bonchev–Trinajstić information content (AvgIpc) is 2.64. The number of anilines is 1. The molecule has 5 nitrogen and oxygen atoms in total. The minimum atomic E-state index is -0.258. The molecule has 0 spiro atoms. The van der Waals surface area contributed by atoms with Gasteiger partial charge >= 0.3 is 0 Å². The number of aromatic nitrogens is 2. The summed E-state index contributed by atoms with van der Waals surface area (Å²) in [6.07, 6.45) is 4.32. The lowest BCUT2D eigenvalue weighted by atomic mass is 10.3. The van der Waals surface area contributed by atoms with Crippen LogP contribution >= 0.6 is 11.6 Å². The largest absolute Gasteiger partial charge is 0.368 e. The van der Waals surface area contributed by atoms with Gasteiger partial charge in [-0.3, -0.25) is 4.79 Å². The molecular formula is C12H17ClN4O. The van der Waals surface area contributed by atoms with Crippen LogP contribution in [-0.2, 0) is 6.54 Å². The van der Waals surface area contributed by atoms with Crippen LogP contribution in [0.25, 0.3) is 0 Å². The van der Waals surface area contributed by atoms with E-state index < -0.39 is 0 Å². The van der Waals surface area contributed by atoms with Crippen molar-refractivity contribution in [3.63, 3.8) is 0 Å². The standard InChI is InChI=1S/C12H17ClN4O/c1-2-6-17-12(18)11(13)10(9-15-17)16-7-3-4-14-5-8-16/h2,9,14H,1,3-8H2. The Hall–Kier alpha value is -1.33. The summed E-state index contributed by atoms with van der Waals surface area (Å²) in [5.74, 6) is 0. The first-order valence-electron chi connectivity index (χ1n) is 6.06. The highest BCUT2D eigenvalue weighted by atomic mass is 35.5. The number of rotatable bonds is 3. The van der Waals surface area contributed by atoms with Gasteiger partial charge in [-0.2, -0.15) is 5.10 Å². The van der Waals surface area contributed by atoms with E-state index in [9.17, 15) is 4.79 Å². The third-order valence-corrected chi connectivity index (χ3v) is 3.30. The van der Waals surface area contributed by atoms with E-state index in [0.717, 1.165) is 38.3 Å². The quantitative estimate of drug-likeness (QED) is 0.827. The first-order valence-corrected chi connectivity index (χ1v) is 6.44. The smallest absolute Gasteiger partial charge is 0.287 e. The number of nitrogens with zero attached hydrogens (tertiary/aromatic N) is 3. The highest BCUT2D eigenvalue weighted by Crippen LogP contribution is 2.21. The van der Waals surface area contributed by atoms with Crippen LogP contribution in [0.3, 0.4) is 0 Å². The third kappa shape index (κ3) is 2.73. The fraction of sp³-hybridized carbons (Fsp3) is 0.500. The monoisotopic (exact) mass is 268 g/mol. The molecule has 2 heterocycles. The molecule has 6 heteroatoms. The molecular weight excluding hydrogens is 252 g/mol. The highest BCUT2D eigenvalue weighted by Gasteiger charge is 2.16. The van der Waals surface area contributed by atoms with Gasteiger partial charge in [0.2, 0.25) is 0 Å². The lowest BCUT2D eigenvalue weighted by molar-refractivity contribution is 0.648. The molecule has 0 unspecified atom stereocenters. The van der Waals surface area contributed by atoms with Crippen LogP contribution in [0.2, 0.25) is 5.02 Å². The van der Waals surface area contributed by atoms with Crippen LogP contribution in [0.5, 0.6) is 0 Å². The van der Waals surface area contributed by atoms with Gasteiger partial charge in [-0.05, 0) is 13.0 Å². The molecule has 0 aliphatic carbocycles.